The second-order valence-corrected chi connectivity index (χ2v) is 8.52. The first-order valence-corrected chi connectivity index (χ1v) is 10.6. The summed E-state index contributed by atoms with van der Waals surface area (Å²) in [4.78, 5) is 11.4. The molecular formula is C24H23F2NO4. The van der Waals surface area contributed by atoms with Crippen molar-refractivity contribution in [3.05, 3.63) is 59.3 Å². The highest BCUT2D eigenvalue weighted by Gasteiger charge is 2.40. The number of rotatable bonds is 4. The summed E-state index contributed by atoms with van der Waals surface area (Å²) >= 11 is 0. The lowest BCUT2D eigenvalue weighted by molar-refractivity contribution is -0.145. The standard InChI is InChI=1S/C24H23F2NO4/c25-19-3-1-16(11-20(19)26)27-21-4-2-17(28)12-18(21)22(14-9-15(10-14)24(29)30)23(27)13-5-7-31-8-6-13/h1-4,11-15,28H,5-10H2,(H,29,30)/t14-,15-. The third-order valence-corrected chi connectivity index (χ3v) is 6.69. The molecule has 162 valence electrons. The van der Waals surface area contributed by atoms with E-state index in [-0.39, 0.29) is 23.5 Å². The van der Waals surface area contributed by atoms with Gasteiger partial charge in [-0.05, 0) is 67.5 Å². The summed E-state index contributed by atoms with van der Waals surface area (Å²) in [6.07, 6.45) is 2.62. The predicted molar refractivity (Wildman–Crippen MR) is 111 cm³/mol. The van der Waals surface area contributed by atoms with Crippen molar-refractivity contribution in [2.24, 2.45) is 5.92 Å². The molecule has 3 aromatic rings. The Hall–Kier alpha value is -2.93. The van der Waals surface area contributed by atoms with Gasteiger partial charge in [0.1, 0.15) is 5.75 Å². The van der Waals surface area contributed by atoms with Crippen LogP contribution in [0.5, 0.6) is 5.75 Å². The second-order valence-electron chi connectivity index (χ2n) is 8.52. The molecule has 1 aliphatic carbocycles. The topological polar surface area (TPSA) is 71.7 Å². The van der Waals surface area contributed by atoms with Gasteiger partial charge in [0.2, 0.25) is 0 Å². The monoisotopic (exact) mass is 427 g/mol. The van der Waals surface area contributed by atoms with E-state index in [9.17, 15) is 23.8 Å². The van der Waals surface area contributed by atoms with Crippen LogP contribution in [0.25, 0.3) is 16.6 Å². The number of hydrogen-bond donors (Lipinski definition) is 2. The summed E-state index contributed by atoms with van der Waals surface area (Å²) in [7, 11) is 0. The van der Waals surface area contributed by atoms with Gasteiger partial charge in [0, 0.05) is 42.0 Å². The minimum atomic E-state index is -0.924. The van der Waals surface area contributed by atoms with Gasteiger partial charge in [-0.15, -0.1) is 0 Å². The zero-order valence-corrected chi connectivity index (χ0v) is 16.9. The minimum absolute atomic E-state index is 0.0368. The van der Waals surface area contributed by atoms with Crippen LogP contribution in [0.15, 0.2) is 36.4 Å². The Kier molecular flexibility index (Phi) is 4.93. The van der Waals surface area contributed by atoms with E-state index in [0.29, 0.717) is 31.7 Å². The van der Waals surface area contributed by atoms with E-state index in [2.05, 4.69) is 0 Å². The van der Waals surface area contributed by atoms with Crippen molar-refractivity contribution in [3.8, 4) is 11.4 Å². The van der Waals surface area contributed by atoms with E-state index in [1.165, 1.54) is 6.07 Å². The number of fused-ring (bicyclic) bond motifs is 1. The fourth-order valence-corrected chi connectivity index (χ4v) is 5.08. The van der Waals surface area contributed by atoms with E-state index in [1.807, 2.05) is 4.57 Å². The van der Waals surface area contributed by atoms with Crippen LogP contribution in [0.4, 0.5) is 8.78 Å². The highest BCUT2D eigenvalue weighted by atomic mass is 19.2. The van der Waals surface area contributed by atoms with Gasteiger partial charge >= 0.3 is 5.97 Å². The third-order valence-electron chi connectivity index (χ3n) is 6.69. The summed E-state index contributed by atoms with van der Waals surface area (Å²) < 4.78 is 35.3. The van der Waals surface area contributed by atoms with Gasteiger partial charge in [0.15, 0.2) is 11.6 Å². The number of halogens is 2. The zero-order chi connectivity index (χ0) is 21.7. The molecule has 2 N–H and O–H groups in total. The van der Waals surface area contributed by atoms with Crippen molar-refractivity contribution < 1.29 is 28.5 Å². The highest BCUT2D eigenvalue weighted by Crippen LogP contribution is 2.50. The molecule has 1 saturated heterocycles. The number of benzene rings is 2. The maximum absolute atomic E-state index is 14.2. The van der Waals surface area contributed by atoms with E-state index in [4.69, 9.17) is 4.74 Å². The number of nitrogens with zero attached hydrogens (tertiary/aromatic N) is 1. The molecule has 2 aromatic carbocycles. The van der Waals surface area contributed by atoms with Gasteiger partial charge < -0.3 is 19.5 Å². The van der Waals surface area contributed by atoms with Gasteiger partial charge in [-0.3, -0.25) is 4.79 Å². The lowest BCUT2D eigenvalue weighted by Gasteiger charge is -2.35. The lowest BCUT2D eigenvalue weighted by atomic mass is 9.69. The van der Waals surface area contributed by atoms with Crippen LogP contribution in [0.2, 0.25) is 0 Å². The van der Waals surface area contributed by atoms with Crippen molar-refractivity contribution in [2.45, 2.75) is 37.5 Å². The predicted octanol–water partition coefficient (Wildman–Crippen LogP) is 5.09. The van der Waals surface area contributed by atoms with Gasteiger partial charge in [-0.1, -0.05) is 0 Å². The maximum atomic E-state index is 14.2. The molecule has 2 fully saturated rings. The quantitative estimate of drug-likeness (QED) is 0.609. The van der Waals surface area contributed by atoms with Crippen molar-refractivity contribution in [1.82, 2.24) is 4.57 Å². The number of carbonyl (C=O) groups is 1. The first-order valence-electron chi connectivity index (χ1n) is 10.6. The molecule has 2 heterocycles. The molecule has 1 aromatic heterocycles. The average molecular weight is 427 g/mol. The van der Waals surface area contributed by atoms with E-state index in [0.717, 1.165) is 41.1 Å². The lowest BCUT2D eigenvalue weighted by Crippen LogP contribution is -2.30. The van der Waals surface area contributed by atoms with Crippen LogP contribution >= 0.6 is 0 Å². The first kappa shape index (κ1) is 20.0. The third kappa shape index (κ3) is 3.37. The smallest absolute Gasteiger partial charge is 0.306 e. The summed E-state index contributed by atoms with van der Waals surface area (Å²) in [6.45, 7) is 1.22. The van der Waals surface area contributed by atoms with Gasteiger partial charge in [0.25, 0.3) is 0 Å². The first-order chi connectivity index (χ1) is 14.9. The molecule has 0 radical (unpaired) electrons. The molecule has 0 bridgehead atoms. The van der Waals surface area contributed by atoms with Crippen LogP contribution in [0.1, 0.15) is 48.8 Å². The Labute approximate surface area is 177 Å². The maximum Gasteiger partial charge on any atom is 0.306 e. The van der Waals surface area contributed by atoms with Crippen molar-refractivity contribution >= 4 is 16.9 Å². The SMILES string of the molecule is O=C(O)[C@H]1C[C@H](c2c(C3CCOCC3)n(-c3ccc(F)c(F)c3)c3ccc(O)cc32)C1. The second kappa shape index (κ2) is 7.64. The number of ether oxygens (including phenoxy) is 1. The molecule has 1 saturated carbocycles. The fourth-order valence-electron chi connectivity index (χ4n) is 5.08. The number of phenols is 1. The molecule has 2 aliphatic rings. The summed E-state index contributed by atoms with van der Waals surface area (Å²) in [5.41, 5.74) is 3.30. The number of aromatic nitrogens is 1. The minimum Gasteiger partial charge on any atom is -0.508 e. The van der Waals surface area contributed by atoms with Crippen LogP contribution < -0.4 is 0 Å². The molecule has 5 rings (SSSR count). The molecule has 7 heteroatoms. The molecular weight excluding hydrogens is 404 g/mol. The van der Waals surface area contributed by atoms with Crippen LogP contribution in [-0.4, -0.2) is 34.0 Å². The summed E-state index contributed by atoms with van der Waals surface area (Å²) in [5.74, 6) is -2.72. The van der Waals surface area contributed by atoms with Crippen molar-refractivity contribution in [1.29, 1.82) is 0 Å². The molecule has 5 nitrogen and oxygen atoms in total. The van der Waals surface area contributed by atoms with Crippen molar-refractivity contribution in [3.63, 3.8) is 0 Å². The largest absolute Gasteiger partial charge is 0.508 e. The number of aromatic hydroxyl groups is 1. The zero-order valence-electron chi connectivity index (χ0n) is 16.9. The van der Waals surface area contributed by atoms with Gasteiger partial charge in [-0.25, -0.2) is 8.78 Å². The highest BCUT2D eigenvalue weighted by molar-refractivity contribution is 5.90. The normalized spacial score (nSPS) is 21.9. The van der Waals surface area contributed by atoms with Crippen molar-refractivity contribution in [2.75, 3.05) is 13.2 Å². The Morgan fingerprint density at radius 2 is 1.74 bits per heavy atom. The molecule has 31 heavy (non-hydrogen) atoms. The molecule has 0 spiro atoms. The summed E-state index contributed by atoms with van der Waals surface area (Å²) in [5, 5.41) is 20.4. The molecule has 0 unspecified atom stereocenters. The number of carboxylic acid groups (broad SMARTS) is 1. The fraction of sp³-hybridized carbons (Fsp3) is 0.375. The van der Waals surface area contributed by atoms with Gasteiger partial charge in [-0.2, -0.15) is 0 Å². The summed E-state index contributed by atoms with van der Waals surface area (Å²) in [6, 6.07) is 8.92. The van der Waals surface area contributed by atoms with E-state index < -0.39 is 17.6 Å². The number of aliphatic carboxylic acids is 1. The van der Waals surface area contributed by atoms with Crippen LogP contribution in [0, 0.1) is 17.6 Å². The molecule has 1 aliphatic heterocycles. The Morgan fingerprint density at radius 1 is 1.00 bits per heavy atom. The van der Waals surface area contributed by atoms with E-state index >= 15 is 0 Å². The van der Waals surface area contributed by atoms with Gasteiger partial charge in [0.05, 0.1) is 11.4 Å². The molecule has 0 atom stereocenters. The number of hydrogen-bond acceptors (Lipinski definition) is 3. The Balaban J connectivity index is 1.76. The van der Waals surface area contributed by atoms with E-state index in [1.54, 1.807) is 24.3 Å². The Morgan fingerprint density at radius 3 is 2.42 bits per heavy atom. The van der Waals surface area contributed by atoms with Crippen LogP contribution in [-0.2, 0) is 9.53 Å². The number of phenolic OH excluding ortho intramolecular Hbond substituents is 1. The molecule has 0 amide bonds. The van der Waals surface area contributed by atoms with Crippen LogP contribution in [0.3, 0.4) is 0 Å². The Bertz CT molecular complexity index is 1160. The number of carboxylic acids is 1. The average Bonchev–Trinajstić information content (AvgIpc) is 3.03.